The molecule has 1 aromatic rings. The van der Waals surface area contributed by atoms with E-state index >= 15 is 0 Å². The summed E-state index contributed by atoms with van der Waals surface area (Å²) in [6.07, 6.45) is 6.55. The number of hydrogen-bond donors (Lipinski definition) is 6. The zero-order valence-electron chi connectivity index (χ0n) is 28.1. The van der Waals surface area contributed by atoms with Crippen LogP contribution in [0.15, 0.2) is 32.6 Å². The number of carbonyl (C=O) groups is 4. The number of fused-ring (bicyclic) bond motifs is 5. The van der Waals surface area contributed by atoms with Gasteiger partial charge in [-0.15, -0.1) is 0 Å². The molecular weight excluding hydrogens is 636 g/mol. The summed E-state index contributed by atoms with van der Waals surface area (Å²) in [6.45, 7) is 2.33. The number of carbonyl (C=O) groups excluding carboxylic acids is 3. The highest BCUT2D eigenvalue weighted by Gasteiger charge is 2.71. The van der Waals surface area contributed by atoms with E-state index in [1.165, 1.54) is 12.3 Å². The number of ether oxygens (including phenoxy) is 1. The quantitative estimate of drug-likeness (QED) is 0.0573. The van der Waals surface area contributed by atoms with Crippen LogP contribution in [0.25, 0.3) is 0 Å². The van der Waals surface area contributed by atoms with Crippen molar-refractivity contribution in [2.75, 3.05) is 6.54 Å². The van der Waals surface area contributed by atoms with Gasteiger partial charge in [-0.3, -0.25) is 14.6 Å². The average Bonchev–Trinajstić information content (AvgIpc) is 3.33. The third kappa shape index (κ3) is 6.86. The second kappa shape index (κ2) is 14.2. The Morgan fingerprint density at radius 3 is 2.49 bits per heavy atom. The third-order valence-corrected chi connectivity index (χ3v) is 12.5. The number of nitrogens with one attached hydrogen (secondary N) is 1. The first-order valence-corrected chi connectivity index (χ1v) is 17.4. The van der Waals surface area contributed by atoms with Crippen LogP contribution in [0.1, 0.15) is 108 Å². The fourth-order valence-corrected chi connectivity index (χ4v) is 10.0. The number of rotatable bonds is 13. The van der Waals surface area contributed by atoms with Gasteiger partial charge in [-0.25, -0.2) is 9.59 Å². The summed E-state index contributed by atoms with van der Waals surface area (Å²) < 4.78 is 10.9. The molecule has 4 aliphatic carbocycles. The lowest BCUT2D eigenvalue weighted by Crippen LogP contribution is -2.68. The molecule has 5 rings (SSSR count). The summed E-state index contributed by atoms with van der Waals surface area (Å²) in [7, 11) is 0. The van der Waals surface area contributed by atoms with E-state index in [4.69, 9.17) is 20.6 Å². The molecule has 0 aliphatic heterocycles. The molecule has 49 heavy (non-hydrogen) atoms. The lowest BCUT2D eigenvalue weighted by atomic mass is 9.41. The molecule has 4 saturated carbocycles. The van der Waals surface area contributed by atoms with Crippen LogP contribution in [0, 0.1) is 22.7 Å². The van der Waals surface area contributed by atoms with Crippen LogP contribution in [0.5, 0.6) is 0 Å². The Bertz CT molecular complexity index is 1490. The fourth-order valence-electron chi connectivity index (χ4n) is 10.0. The van der Waals surface area contributed by atoms with Gasteiger partial charge in [0.15, 0.2) is 5.96 Å². The summed E-state index contributed by atoms with van der Waals surface area (Å²) in [5.74, 6) is -2.74. The number of nitrogens with two attached hydrogens (primary N) is 2. The first-order valence-electron chi connectivity index (χ1n) is 17.4. The van der Waals surface area contributed by atoms with E-state index in [1.54, 1.807) is 6.07 Å². The summed E-state index contributed by atoms with van der Waals surface area (Å²) >= 11 is 0. The molecule has 14 heteroatoms. The number of aliphatic hydroxyl groups is 2. The van der Waals surface area contributed by atoms with Gasteiger partial charge in [0.1, 0.15) is 18.4 Å². The van der Waals surface area contributed by atoms with Gasteiger partial charge in [-0.05, 0) is 100 Å². The molecular formula is C35H50N4O10. The first-order chi connectivity index (χ1) is 23.2. The van der Waals surface area contributed by atoms with Crippen molar-refractivity contribution in [1.29, 1.82) is 0 Å². The van der Waals surface area contributed by atoms with Crippen LogP contribution < -0.4 is 22.4 Å². The number of amides is 1. The van der Waals surface area contributed by atoms with E-state index in [1.807, 2.05) is 0 Å². The predicted octanol–water partition coefficient (Wildman–Crippen LogP) is 1.88. The molecule has 4 fully saturated rings. The van der Waals surface area contributed by atoms with Crippen molar-refractivity contribution in [2.24, 2.45) is 39.1 Å². The Labute approximate surface area is 285 Å². The van der Waals surface area contributed by atoms with Crippen LogP contribution in [-0.2, 0) is 23.9 Å². The van der Waals surface area contributed by atoms with Crippen LogP contribution in [0.2, 0.25) is 0 Å². The van der Waals surface area contributed by atoms with Gasteiger partial charge in [0.05, 0.1) is 22.9 Å². The number of aldehydes is 1. The summed E-state index contributed by atoms with van der Waals surface area (Å²) in [5.41, 5.74) is 6.99. The number of esters is 1. The molecule has 1 heterocycles. The normalized spacial score (nSPS) is 35.5. The molecule has 4 aliphatic rings. The maximum atomic E-state index is 13.0. The van der Waals surface area contributed by atoms with Crippen LogP contribution in [0.3, 0.4) is 0 Å². The summed E-state index contributed by atoms with van der Waals surface area (Å²) in [5, 5.41) is 36.4. The zero-order valence-corrected chi connectivity index (χ0v) is 28.1. The molecule has 1 amide bonds. The Balaban J connectivity index is 1.15. The van der Waals surface area contributed by atoms with Crippen LogP contribution in [0.4, 0.5) is 0 Å². The highest BCUT2D eigenvalue weighted by molar-refractivity contribution is 5.83. The maximum absolute atomic E-state index is 13.0. The maximum Gasteiger partial charge on any atom is 0.335 e. The molecule has 0 radical (unpaired) electrons. The minimum Gasteiger partial charge on any atom is -0.480 e. The number of aliphatic carboxylic acids is 1. The van der Waals surface area contributed by atoms with Crippen molar-refractivity contribution in [2.45, 2.75) is 126 Å². The monoisotopic (exact) mass is 686 g/mol. The average molecular weight is 687 g/mol. The number of guanidine groups is 1. The molecule has 0 spiro atoms. The smallest absolute Gasteiger partial charge is 0.335 e. The number of carboxylic acids is 1. The van der Waals surface area contributed by atoms with Gasteiger partial charge in [0, 0.05) is 37.3 Å². The van der Waals surface area contributed by atoms with Crippen molar-refractivity contribution in [1.82, 2.24) is 5.32 Å². The molecule has 1 aromatic heterocycles. The van der Waals surface area contributed by atoms with E-state index in [2.05, 4.69) is 17.2 Å². The van der Waals surface area contributed by atoms with Gasteiger partial charge in [0.25, 0.3) is 0 Å². The van der Waals surface area contributed by atoms with Crippen molar-refractivity contribution >= 4 is 30.1 Å². The predicted molar refractivity (Wildman–Crippen MR) is 176 cm³/mol. The number of nitrogens with zero attached hydrogens (tertiary/aromatic N) is 1. The van der Waals surface area contributed by atoms with E-state index < -0.39 is 57.6 Å². The molecule has 0 bridgehead atoms. The van der Waals surface area contributed by atoms with E-state index in [0.717, 1.165) is 18.3 Å². The van der Waals surface area contributed by atoms with Gasteiger partial charge in [-0.1, -0.05) is 6.92 Å². The second-order valence-corrected chi connectivity index (χ2v) is 14.9. The second-order valence-electron chi connectivity index (χ2n) is 14.9. The zero-order chi connectivity index (χ0) is 35.6. The number of carboxylic acid groups (broad SMARTS) is 1. The van der Waals surface area contributed by atoms with Crippen molar-refractivity contribution in [3.05, 3.63) is 34.4 Å². The van der Waals surface area contributed by atoms with Crippen molar-refractivity contribution in [3.63, 3.8) is 0 Å². The van der Waals surface area contributed by atoms with E-state index in [-0.39, 0.29) is 62.4 Å². The third-order valence-electron chi connectivity index (χ3n) is 12.5. The molecule has 0 aromatic carbocycles. The fraction of sp³-hybridized carbons (Fsp3) is 0.714. The first kappa shape index (κ1) is 36.5. The largest absolute Gasteiger partial charge is 0.480 e. The summed E-state index contributed by atoms with van der Waals surface area (Å²) in [6, 6.07) is 2.08. The van der Waals surface area contributed by atoms with Gasteiger partial charge >= 0.3 is 17.6 Å². The van der Waals surface area contributed by atoms with Crippen molar-refractivity contribution in [3.8, 4) is 0 Å². The molecule has 9 atom stereocenters. The Hall–Kier alpha value is -3.78. The van der Waals surface area contributed by atoms with Crippen molar-refractivity contribution < 1.29 is 43.7 Å². The van der Waals surface area contributed by atoms with Gasteiger partial charge in [0.2, 0.25) is 5.91 Å². The van der Waals surface area contributed by atoms with Crippen LogP contribution in [-0.4, -0.2) is 75.3 Å². The van der Waals surface area contributed by atoms with E-state index in [0.29, 0.717) is 51.4 Å². The highest BCUT2D eigenvalue weighted by Crippen LogP contribution is 2.71. The van der Waals surface area contributed by atoms with Crippen LogP contribution >= 0.6 is 0 Å². The lowest BCUT2D eigenvalue weighted by molar-refractivity contribution is -0.248. The number of hydrogen-bond acceptors (Lipinski definition) is 10. The Morgan fingerprint density at radius 1 is 1.06 bits per heavy atom. The molecule has 0 saturated heterocycles. The summed E-state index contributed by atoms with van der Waals surface area (Å²) in [4.78, 5) is 65.1. The minimum absolute atomic E-state index is 0.00223. The molecule has 0 unspecified atom stereocenters. The molecule has 270 valence electrons. The lowest BCUT2D eigenvalue weighted by Gasteiger charge is -2.65. The van der Waals surface area contributed by atoms with Gasteiger partial charge in [-0.2, -0.15) is 0 Å². The Morgan fingerprint density at radius 2 is 1.82 bits per heavy atom. The van der Waals surface area contributed by atoms with Gasteiger partial charge < -0.3 is 46.1 Å². The minimum atomic E-state index is -1.39. The highest BCUT2D eigenvalue weighted by atomic mass is 16.5. The number of aliphatic imine (C=N–C) groups is 1. The topological polar surface area (TPSA) is 245 Å². The Kier molecular flexibility index (Phi) is 10.6. The standard InChI is InChI=1S/C35H50N4O10/c1-32-13-10-24-25(35(32,47)16-12-23(32)21-7-8-28(42)48-19-21)11-15-34(46)18-22(9-14-33(24,34)20-40)49-29(43)6-2-5-27(41)39-26(30(44)45)4-3-17-38-31(36)37/h7-8,19-20,22-26,46-47H,2-6,9-18H2,1H3,(H,39,41)(H,44,45)(H4,36,37,38)/t22-,23+,24-,25+,26-,32+,33-,34-,35-/m0/s1. The SMILES string of the molecule is C[C@]12CC[C@H]3[C@@H](CC[C@]4(O)C[C@@H](OC(=O)CCCC(=O)N[C@@H](CCCN=C(N)N)C(=O)O)CC[C@]34C=O)[C@@]1(O)CC[C@@H]2c1ccc(=O)oc1. The molecule has 8 N–H and O–H groups in total. The van der Waals surface area contributed by atoms with E-state index in [9.17, 15) is 39.3 Å². The molecule has 14 nitrogen and oxygen atoms in total.